The van der Waals surface area contributed by atoms with Gasteiger partial charge in [0.2, 0.25) is 0 Å². The molecule has 7 nitrogen and oxygen atoms in total. The van der Waals surface area contributed by atoms with Gasteiger partial charge in [-0.05, 0) is 23.3 Å². The van der Waals surface area contributed by atoms with Crippen molar-refractivity contribution in [1.82, 2.24) is 13.9 Å². The molecule has 0 saturated carbocycles. The van der Waals surface area contributed by atoms with E-state index in [9.17, 15) is 13.9 Å². The molecule has 1 fully saturated rings. The summed E-state index contributed by atoms with van der Waals surface area (Å²) in [7, 11) is -2.84. The van der Waals surface area contributed by atoms with E-state index in [4.69, 9.17) is 4.74 Å². The molecule has 0 spiro atoms. The lowest BCUT2D eigenvalue weighted by Gasteiger charge is -2.45. The molecule has 2 aromatic carbocycles. The molecule has 0 unspecified atom stereocenters. The van der Waals surface area contributed by atoms with E-state index in [1.165, 1.54) is 0 Å². The normalized spacial score (nSPS) is 18.8. The van der Waals surface area contributed by atoms with Crippen LogP contribution in [-0.2, 0) is 17.8 Å². The van der Waals surface area contributed by atoms with Gasteiger partial charge in [-0.15, -0.1) is 10.8 Å². The number of hydrogen-bond donors (Lipinski definition) is 3. The second-order valence-electron chi connectivity index (χ2n) is 6.37. The van der Waals surface area contributed by atoms with Gasteiger partial charge in [0.1, 0.15) is 0 Å². The van der Waals surface area contributed by atoms with Gasteiger partial charge in [-0.3, -0.25) is 13.7 Å². The van der Waals surface area contributed by atoms with Crippen molar-refractivity contribution < 1.29 is 13.8 Å². The third kappa shape index (κ3) is 3.42. The monoisotopic (exact) mass is 375 g/mol. The molecule has 4 rings (SSSR count). The Morgan fingerprint density at radius 3 is 2.46 bits per heavy atom. The maximum atomic E-state index is 12.2. The summed E-state index contributed by atoms with van der Waals surface area (Å²) in [6.45, 7) is 1.93. The van der Waals surface area contributed by atoms with Crippen molar-refractivity contribution in [3.8, 4) is 0 Å². The topological polar surface area (TPSA) is 90.7 Å². The molecule has 0 bridgehead atoms. The molecular weight excluding hydrogens is 354 g/mol. The Morgan fingerprint density at radius 1 is 1.04 bits per heavy atom. The zero-order valence-electron chi connectivity index (χ0n) is 14.2. The molecule has 8 heteroatoms. The molecule has 2 heterocycles. The maximum Gasteiger partial charge on any atom is 0.326 e. The number of aromatic nitrogens is 2. The summed E-state index contributed by atoms with van der Waals surface area (Å²) >= 11 is 0. The number of fused-ring (bicyclic) bond motifs is 1. The Hall–Kier alpha value is -2.10. The van der Waals surface area contributed by atoms with Gasteiger partial charge in [-0.1, -0.05) is 36.4 Å². The summed E-state index contributed by atoms with van der Waals surface area (Å²) in [5, 5.41) is 0. The van der Waals surface area contributed by atoms with Crippen molar-refractivity contribution in [3.63, 3.8) is 0 Å². The Bertz CT molecular complexity index is 964. The van der Waals surface area contributed by atoms with Gasteiger partial charge in [-0.25, -0.2) is 4.79 Å². The van der Waals surface area contributed by atoms with Crippen LogP contribution in [0.4, 0.5) is 0 Å². The van der Waals surface area contributed by atoms with Crippen LogP contribution in [0, 0.1) is 0 Å². The zero-order valence-corrected chi connectivity index (χ0v) is 15.0. The zero-order chi connectivity index (χ0) is 18.1. The van der Waals surface area contributed by atoms with Crippen LogP contribution < -0.4 is 5.69 Å². The largest absolute Gasteiger partial charge is 0.358 e. The Morgan fingerprint density at radius 2 is 1.73 bits per heavy atom. The van der Waals surface area contributed by atoms with E-state index in [0.717, 1.165) is 22.2 Å². The average molecular weight is 375 g/mol. The van der Waals surface area contributed by atoms with E-state index < -0.39 is 10.8 Å². The van der Waals surface area contributed by atoms with Gasteiger partial charge in [0, 0.05) is 13.1 Å². The molecule has 26 heavy (non-hydrogen) atoms. The molecule has 3 aromatic rings. The van der Waals surface area contributed by atoms with Crippen molar-refractivity contribution in [3.05, 3.63) is 70.1 Å². The summed E-state index contributed by atoms with van der Waals surface area (Å²) in [5.74, 6) is -0.0332. The summed E-state index contributed by atoms with van der Waals surface area (Å²) in [4.78, 5) is 15.0. The van der Waals surface area contributed by atoms with Gasteiger partial charge < -0.3 is 9.72 Å². The number of H-pyrrole nitrogens is 1. The van der Waals surface area contributed by atoms with E-state index in [2.05, 4.69) is 4.98 Å². The Balaban J connectivity index is 1.51. The average Bonchev–Trinajstić information content (AvgIpc) is 2.94. The molecule has 1 aromatic heterocycles. The quantitative estimate of drug-likeness (QED) is 0.652. The highest BCUT2D eigenvalue weighted by Crippen LogP contribution is 2.45. The molecule has 1 aliphatic rings. The lowest BCUT2D eigenvalue weighted by atomic mass is 10.1. The summed E-state index contributed by atoms with van der Waals surface area (Å²) in [6, 6.07) is 15.5. The number of hydrogen-bond acceptors (Lipinski definition) is 5. The maximum absolute atomic E-state index is 12.2. The Kier molecular flexibility index (Phi) is 4.60. The van der Waals surface area contributed by atoms with Crippen molar-refractivity contribution >= 4 is 21.8 Å². The van der Waals surface area contributed by atoms with Crippen LogP contribution in [0.15, 0.2) is 53.3 Å². The minimum absolute atomic E-state index is 0.0332. The predicted molar refractivity (Wildman–Crippen MR) is 102 cm³/mol. The van der Waals surface area contributed by atoms with Crippen molar-refractivity contribution in [2.24, 2.45) is 0 Å². The minimum atomic E-state index is -2.84. The molecule has 0 radical (unpaired) electrons. The van der Waals surface area contributed by atoms with Gasteiger partial charge in [0.15, 0.2) is 5.94 Å². The van der Waals surface area contributed by atoms with E-state index >= 15 is 0 Å². The fourth-order valence-electron chi connectivity index (χ4n) is 3.14. The number of nitrogens with zero attached hydrogens (tertiary/aromatic N) is 2. The first-order valence-corrected chi connectivity index (χ1v) is 10.0. The van der Waals surface area contributed by atoms with Crippen molar-refractivity contribution in [2.75, 3.05) is 19.1 Å². The number of rotatable bonds is 4. The van der Waals surface area contributed by atoms with Gasteiger partial charge in [0.25, 0.3) is 0 Å². The molecular formula is C18H21N3O4S. The highest BCUT2D eigenvalue weighted by atomic mass is 32.3. The van der Waals surface area contributed by atoms with Crippen LogP contribution in [0.25, 0.3) is 11.0 Å². The molecule has 138 valence electrons. The van der Waals surface area contributed by atoms with Gasteiger partial charge in [0.05, 0.1) is 24.2 Å². The third-order valence-electron chi connectivity index (χ3n) is 4.54. The lowest BCUT2D eigenvalue weighted by molar-refractivity contribution is 0.114. The van der Waals surface area contributed by atoms with E-state index in [-0.39, 0.29) is 11.6 Å². The van der Waals surface area contributed by atoms with Crippen molar-refractivity contribution in [2.45, 2.75) is 13.1 Å². The number of aromatic amines is 1. The highest BCUT2D eigenvalue weighted by Gasteiger charge is 2.26. The molecule has 3 N–H and O–H groups in total. The highest BCUT2D eigenvalue weighted by molar-refractivity contribution is 8.22. The van der Waals surface area contributed by atoms with E-state index in [1.54, 1.807) is 8.87 Å². The first-order chi connectivity index (χ1) is 12.5. The van der Waals surface area contributed by atoms with Crippen LogP contribution in [-0.4, -0.2) is 42.1 Å². The van der Waals surface area contributed by atoms with Gasteiger partial charge >= 0.3 is 5.69 Å². The van der Waals surface area contributed by atoms with Gasteiger partial charge in [-0.2, -0.15) is 4.31 Å². The molecule has 0 aliphatic carbocycles. The van der Waals surface area contributed by atoms with E-state index in [0.29, 0.717) is 26.2 Å². The molecule has 0 amide bonds. The number of benzene rings is 2. The molecule has 0 atom stereocenters. The van der Waals surface area contributed by atoms with Crippen LogP contribution >= 0.6 is 10.8 Å². The first kappa shape index (κ1) is 17.3. The summed E-state index contributed by atoms with van der Waals surface area (Å²) in [6.07, 6.45) is 0. The first-order valence-electron chi connectivity index (χ1n) is 8.37. The second kappa shape index (κ2) is 6.90. The summed E-state index contributed by atoms with van der Waals surface area (Å²) < 4.78 is 28.6. The van der Waals surface area contributed by atoms with Crippen LogP contribution in [0.3, 0.4) is 0 Å². The van der Waals surface area contributed by atoms with Crippen LogP contribution in [0.1, 0.15) is 11.1 Å². The lowest BCUT2D eigenvalue weighted by Crippen LogP contribution is -2.37. The number of nitrogens with one attached hydrogen (secondary N) is 1. The fraction of sp³-hybridized carbons (Fsp3) is 0.278. The standard InChI is InChI=1S/C18H21N3O4S/c22-18-19-16-3-1-2-4-17(16)21(18)12-15-7-5-14(6-8-15)11-20-9-10-25-13-26(20,23)24/h1-8,23-24H,9-13H2,(H,19,22). The number of ether oxygens (including phenoxy) is 1. The number of para-hydroxylation sites is 2. The fourth-order valence-corrected chi connectivity index (χ4v) is 4.35. The van der Waals surface area contributed by atoms with Crippen LogP contribution in [0.2, 0.25) is 0 Å². The SMILES string of the molecule is O=c1[nH]c2ccccc2n1Cc1ccc(CN2CCOCS2(O)O)cc1. The van der Waals surface area contributed by atoms with E-state index in [1.807, 2.05) is 48.5 Å². The predicted octanol–water partition coefficient (Wildman–Crippen LogP) is 2.83. The Labute approximate surface area is 152 Å². The molecule has 1 aliphatic heterocycles. The van der Waals surface area contributed by atoms with Crippen molar-refractivity contribution in [1.29, 1.82) is 0 Å². The summed E-state index contributed by atoms with van der Waals surface area (Å²) in [5.41, 5.74) is 3.57. The third-order valence-corrected chi connectivity index (χ3v) is 6.17. The minimum Gasteiger partial charge on any atom is -0.358 e. The number of imidazole rings is 1. The molecule has 1 saturated heterocycles. The van der Waals surface area contributed by atoms with Crippen LogP contribution in [0.5, 0.6) is 0 Å². The second-order valence-corrected chi connectivity index (χ2v) is 8.39. The smallest absolute Gasteiger partial charge is 0.326 e.